The number of carbonyl (C=O) groups is 2. The molecule has 0 saturated heterocycles. The molecule has 0 atom stereocenters. The minimum absolute atomic E-state index is 0.0443. The third-order valence-corrected chi connectivity index (χ3v) is 7.22. The van der Waals surface area contributed by atoms with Crippen LogP contribution in [0.1, 0.15) is 40.6 Å². The van der Waals surface area contributed by atoms with Crippen molar-refractivity contribution in [2.24, 2.45) is 0 Å². The smallest absolute Gasteiger partial charge is 0.254 e. The van der Waals surface area contributed by atoms with Crippen LogP contribution in [0.15, 0.2) is 64.5 Å². The van der Waals surface area contributed by atoms with Crippen molar-refractivity contribution >= 4 is 39.1 Å². The average molecular weight is 574 g/mol. The Labute approximate surface area is 226 Å². The quantitative estimate of drug-likeness (QED) is 0.250. The molecule has 0 saturated carbocycles. The summed E-state index contributed by atoms with van der Waals surface area (Å²) in [5, 5.41) is 2.01. The summed E-state index contributed by atoms with van der Waals surface area (Å²) >= 11 is 5.06. The van der Waals surface area contributed by atoms with Crippen molar-refractivity contribution in [2.45, 2.75) is 32.7 Å². The fourth-order valence-corrected chi connectivity index (χ4v) is 4.97. The molecule has 0 radical (unpaired) electrons. The van der Waals surface area contributed by atoms with Crippen molar-refractivity contribution in [1.82, 2.24) is 9.80 Å². The van der Waals surface area contributed by atoms with Gasteiger partial charge in [-0.05, 0) is 60.2 Å². The number of ether oxygens (including phenoxy) is 2. The molecule has 0 fully saturated rings. The molecule has 0 bridgehead atoms. The van der Waals surface area contributed by atoms with Crippen LogP contribution in [-0.4, -0.2) is 55.5 Å². The van der Waals surface area contributed by atoms with Crippen molar-refractivity contribution in [3.63, 3.8) is 0 Å². The summed E-state index contributed by atoms with van der Waals surface area (Å²) in [6.45, 7) is 3.70. The summed E-state index contributed by atoms with van der Waals surface area (Å²) in [6.07, 6.45) is 2.43. The van der Waals surface area contributed by atoms with Crippen LogP contribution in [0.25, 0.3) is 0 Å². The van der Waals surface area contributed by atoms with E-state index in [4.69, 9.17) is 9.47 Å². The van der Waals surface area contributed by atoms with E-state index < -0.39 is 0 Å². The molecule has 0 unspecified atom stereocenters. The average Bonchev–Trinajstić information content (AvgIpc) is 3.41. The van der Waals surface area contributed by atoms with E-state index in [1.165, 1.54) is 0 Å². The number of benzene rings is 2. The lowest BCUT2D eigenvalue weighted by molar-refractivity contribution is -0.132. The van der Waals surface area contributed by atoms with E-state index in [9.17, 15) is 9.59 Å². The van der Waals surface area contributed by atoms with E-state index in [1.807, 2.05) is 52.7 Å². The lowest BCUT2D eigenvalue weighted by Gasteiger charge is -2.28. The molecule has 3 rings (SSSR count). The summed E-state index contributed by atoms with van der Waals surface area (Å²) in [7, 11) is 3.22. The van der Waals surface area contributed by atoms with Gasteiger partial charge in [0.05, 0.1) is 20.8 Å². The molecule has 0 spiro atoms. The molecule has 2 amide bonds. The normalized spacial score (nSPS) is 10.7. The van der Waals surface area contributed by atoms with Crippen LogP contribution in [0.4, 0.5) is 0 Å². The summed E-state index contributed by atoms with van der Waals surface area (Å²) in [6, 6.07) is 17.1. The molecular formula is C28H33BrN2O4S. The highest BCUT2D eigenvalue weighted by molar-refractivity contribution is 9.10. The van der Waals surface area contributed by atoms with Crippen molar-refractivity contribution in [2.75, 3.05) is 33.9 Å². The first-order valence-electron chi connectivity index (χ1n) is 12.0. The summed E-state index contributed by atoms with van der Waals surface area (Å²) in [5.41, 5.74) is 1.62. The van der Waals surface area contributed by atoms with Gasteiger partial charge in [-0.3, -0.25) is 9.59 Å². The Morgan fingerprint density at radius 3 is 2.42 bits per heavy atom. The minimum atomic E-state index is -0.130. The number of nitrogens with zero attached hydrogens (tertiary/aromatic N) is 2. The zero-order valence-corrected chi connectivity index (χ0v) is 23.4. The number of hydrogen-bond acceptors (Lipinski definition) is 5. The van der Waals surface area contributed by atoms with Crippen LogP contribution in [0.3, 0.4) is 0 Å². The van der Waals surface area contributed by atoms with Gasteiger partial charge in [0.1, 0.15) is 6.54 Å². The molecule has 0 aliphatic carbocycles. The lowest BCUT2D eigenvalue weighted by atomic mass is 10.1. The highest BCUT2D eigenvalue weighted by Crippen LogP contribution is 2.28. The molecule has 0 aliphatic heterocycles. The van der Waals surface area contributed by atoms with E-state index >= 15 is 0 Å². The molecule has 1 aromatic heterocycles. The first kappa shape index (κ1) is 27.7. The topological polar surface area (TPSA) is 59.1 Å². The van der Waals surface area contributed by atoms with Gasteiger partial charge >= 0.3 is 0 Å². The number of thiophene rings is 1. The van der Waals surface area contributed by atoms with E-state index in [1.54, 1.807) is 42.6 Å². The largest absolute Gasteiger partial charge is 0.493 e. The Morgan fingerprint density at radius 2 is 1.75 bits per heavy atom. The van der Waals surface area contributed by atoms with Gasteiger partial charge in [-0.15, -0.1) is 11.3 Å². The van der Waals surface area contributed by atoms with Crippen molar-refractivity contribution < 1.29 is 19.1 Å². The third kappa shape index (κ3) is 7.83. The first-order chi connectivity index (χ1) is 17.4. The van der Waals surface area contributed by atoms with Crippen LogP contribution in [0.5, 0.6) is 11.5 Å². The lowest BCUT2D eigenvalue weighted by Crippen LogP contribution is -2.43. The van der Waals surface area contributed by atoms with Gasteiger partial charge in [0.15, 0.2) is 11.5 Å². The Kier molecular flexibility index (Phi) is 10.8. The van der Waals surface area contributed by atoms with Gasteiger partial charge in [-0.25, -0.2) is 0 Å². The molecule has 0 N–H and O–H groups in total. The van der Waals surface area contributed by atoms with Gasteiger partial charge < -0.3 is 19.3 Å². The van der Waals surface area contributed by atoms with Crippen LogP contribution in [-0.2, 0) is 17.8 Å². The molecule has 36 heavy (non-hydrogen) atoms. The predicted molar refractivity (Wildman–Crippen MR) is 148 cm³/mol. The van der Waals surface area contributed by atoms with Gasteiger partial charge in [0.25, 0.3) is 5.91 Å². The maximum atomic E-state index is 13.6. The van der Waals surface area contributed by atoms with Crippen molar-refractivity contribution in [3.05, 3.63) is 80.5 Å². The maximum absolute atomic E-state index is 13.6. The van der Waals surface area contributed by atoms with Gasteiger partial charge in [0.2, 0.25) is 5.91 Å². The van der Waals surface area contributed by atoms with E-state index in [0.29, 0.717) is 43.1 Å². The summed E-state index contributed by atoms with van der Waals surface area (Å²) in [5.74, 6) is 1.14. The molecule has 192 valence electrons. The molecule has 6 nitrogen and oxygen atoms in total. The zero-order valence-electron chi connectivity index (χ0n) is 21.0. The molecule has 2 aromatic carbocycles. The number of amides is 2. The van der Waals surface area contributed by atoms with Gasteiger partial charge in [-0.2, -0.15) is 0 Å². The van der Waals surface area contributed by atoms with Crippen LogP contribution < -0.4 is 9.47 Å². The molecular weight excluding hydrogens is 540 g/mol. The fourth-order valence-electron chi connectivity index (χ4n) is 3.85. The van der Waals surface area contributed by atoms with Crippen LogP contribution in [0, 0.1) is 0 Å². The highest BCUT2D eigenvalue weighted by Gasteiger charge is 2.23. The third-order valence-electron chi connectivity index (χ3n) is 5.86. The van der Waals surface area contributed by atoms with E-state index in [0.717, 1.165) is 27.8 Å². The number of rotatable bonds is 13. The molecule has 1 heterocycles. The first-order valence-corrected chi connectivity index (χ1v) is 13.7. The SMILES string of the molecule is CCCCN(CC(=O)N(CCc1ccc(OC)c(OC)c1)Cc1cccs1)C(=O)c1cccc(Br)c1. The number of carbonyl (C=O) groups excluding carboxylic acids is 2. The second-order valence-electron chi connectivity index (χ2n) is 8.42. The number of halogens is 1. The zero-order chi connectivity index (χ0) is 25.9. The van der Waals surface area contributed by atoms with E-state index in [2.05, 4.69) is 22.9 Å². The fraction of sp³-hybridized carbons (Fsp3) is 0.357. The monoisotopic (exact) mass is 572 g/mol. The number of methoxy groups -OCH3 is 2. The highest BCUT2D eigenvalue weighted by atomic mass is 79.9. The van der Waals surface area contributed by atoms with Crippen LogP contribution in [0.2, 0.25) is 0 Å². The summed E-state index contributed by atoms with van der Waals surface area (Å²) in [4.78, 5) is 31.5. The Balaban J connectivity index is 1.77. The molecule has 3 aromatic rings. The molecule has 8 heteroatoms. The van der Waals surface area contributed by atoms with Gasteiger partial charge in [0, 0.05) is 28.0 Å². The number of hydrogen-bond donors (Lipinski definition) is 0. The number of unbranched alkanes of at least 4 members (excludes halogenated alkanes) is 1. The maximum Gasteiger partial charge on any atom is 0.254 e. The minimum Gasteiger partial charge on any atom is -0.493 e. The second kappa shape index (κ2) is 14.0. The standard InChI is InChI=1S/C28H33BrN2O4S/c1-4-5-14-31(28(33)22-8-6-9-23(29)18-22)20-27(32)30(19-24-10-7-16-36-24)15-13-21-11-12-25(34-2)26(17-21)35-3/h6-12,16-18H,4-5,13-15,19-20H2,1-3H3. The summed E-state index contributed by atoms with van der Waals surface area (Å²) < 4.78 is 11.6. The Hall–Kier alpha value is -2.84. The van der Waals surface area contributed by atoms with Gasteiger partial charge in [-0.1, -0.05) is 47.5 Å². The van der Waals surface area contributed by atoms with E-state index in [-0.39, 0.29) is 18.4 Å². The Morgan fingerprint density at radius 1 is 0.944 bits per heavy atom. The predicted octanol–water partition coefficient (Wildman–Crippen LogP) is 6.04. The van der Waals surface area contributed by atoms with Crippen molar-refractivity contribution in [3.8, 4) is 11.5 Å². The molecule has 0 aliphatic rings. The second-order valence-corrected chi connectivity index (χ2v) is 10.4. The Bertz CT molecular complexity index is 1140. The van der Waals surface area contributed by atoms with Crippen molar-refractivity contribution in [1.29, 1.82) is 0 Å². The van der Waals surface area contributed by atoms with Crippen LogP contribution >= 0.6 is 27.3 Å².